The Morgan fingerprint density at radius 2 is 2.35 bits per heavy atom. The molecular weight excluding hydrogens is 232 g/mol. The highest BCUT2D eigenvalue weighted by Gasteiger charge is 2.28. The number of nitrogens with one attached hydrogen (secondary N) is 1. The first-order chi connectivity index (χ1) is 8.02. The van der Waals surface area contributed by atoms with Crippen LogP contribution in [0.15, 0.2) is 0 Å². The van der Waals surface area contributed by atoms with Crippen molar-refractivity contribution in [1.82, 2.24) is 4.37 Å². The van der Waals surface area contributed by atoms with Crippen molar-refractivity contribution in [3.05, 3.63) is 5.56 Å². The van der Waals surface area contributed by atoms with Crippen LogP contribution in [0.1, 0.15) is 45.1 Å². The van der Waals surface area contributed by atoms with Gasteiger partial charge >= 0.3 is 0 Å². The number of nitrogens with two attached hydrogens (primary N) is 1. The van der Waals surface area contributed by atoms with E-state index in [1.165, 1.54) is 24.4 Å². The lowest BCUT2D eigenvalue weighted by atomic mass is 9.75. The van der Waals surface area contributed by atoms with Gasteiger partial charge in [-0.25, -0.2) is 0 Å². The Morgan fingerprint density at radius 1 is 1.59 bits per heavy atom. The summed E-state index contributed by atoms with van der Waals surface area (Å²) in [7, 11) is 0. The summed E-state index contributed by atoms with van der Waals surface area (Å²) >= 11 is 1.29. The van der Waals surface area contributed by atoms with E-state index in [-0.39, 0.29) is 0 Å². The molecule has 1 saturated carbocycles. The van der Waals surface area contributed by atoms with Crippen molar-refractivity contribution in [3.63, 3.8) is 0 Å². The highest BCUT2D eigenvalue weighted by atomic mass is 32.1. The number of rotatable bonds is 2. The van der Waals surface area contributed by atoms with Crippen LogP contribution in [0, 0.1) is 16.7 Å². The second-order valence-corrected chi connectivity index (χ2v) is 6.26. The zero-order valence-corrected chi connectivity index (χ0v) is 11.1. The maximum atomic E-state index is 9.02. The first-order valence-electron chi connectivity index (χ1n) is 5.93. The van der Waals surface area contributed by atoms with E-state index >= 15 is 0 Å². The van der Waals surface area contributed by atoms with E-state index in [9.17, 15) is 0 Å². The Balaban J connectivity index is 2.08. The summed E-state index contributed by atoms with van der Waals surface area (Å²) in [5.74, 6) is 0.343. The van der Waals surface area contributed by atoms with Crippen molar-refractivity contribution in [2.45, 2.75) is 45.6 Å². The molecule has 0 amide bonds. The molecule has 1 heterocycles. The quantitative estimate of drug-likeness (QED) is 0.846. The molecule has 1 aliphatic rings. The van der Waals surface area contributed by atoms with Gasteiger partial charge < -0.3 is 11.1 Å². The van der Waals surface area contributed by atoms with E-state index in [1.54, 1.807) is 0 Å². The molecule has 0 spiro atoms. The molecule has 0 saturated heterocycles. The van der Waals surface area contributed by atoms with Gasteiger partial charge in [-0.1, -0.05) is 20.3 Å². The van der Waals surface area contributed by atoms with Gasteiger partial charge in [-0.05, 0) is 36.2 Å². The lowest BCUT2D eigenvalue weighted by Crippen LogP contribution is -2.31. The minimum absolute atomic E-state index is 0.343. The van der Waals surface area contributed by atoms with Gasteiger partial charge in [-0.3, -0.25) is 0 Å². The molecule has 1 aromatic heterocycles. The Bertz CT molecular complexity index is 444. The van der Waals surface area contributed by atoms with Crippen LogP contribution in [0.4, 0.5) is 10.8 Å². The van der Waals surface area contributed by atoms with Gasteiger partial charge in [0.25, 0.3) is 0 Å². The summed E-state index contributed by atoms with van der Waals surface area (Å²) in [6.45, 7) is 4.60. The van der Waals surface area contributed by atoms with Gasteiger partial charge in [-0.15, -0.1) is 0 Å². The Hall–Kier alpha value is -1.28. The number of nitriles is 1. The molecule has 1 fully saturated rings. The second-order valence-electron chi connectivity index (χ2n) is 5.49. The Morgan fingerprint density at radius 3 is 3.00 bits per heavy atom. The van der Waals surface area contributed by atoms with Crippen molar-refractivity contribution in [2.75, 3.05) is 11.1 Å². The van der Waals surface area contributed by atoms with Crippen LogP contribution in [0.25, 0.3) is 0 Å². The zero-order chi connectivity index (χ0) is 12.5. The number of hydrogen-bond donors (Lipinski definition) is 2. The molecule has 1 unspecified atom stereocenters. The Kier molecular flexibility index (Phi) is 3.25. The first kappa shape index (κ1) is 12.2. The molecule has 0 bridgehead atoms. The van der Waals surface area contributed by atoms with Crippen LogP contribution in [0.5, 0.6) is 0 Å². The summed E-state index contributed by atoms with van der Waals surface area (Å²) in [6, 6.07) is 2.55. The smallest absolute Gasteiger partial charge is 0.157 e. The van der Waals surface area contributed by atoms with Crippen molar-refractivity contribution in [1.29, 1.82) is 5.26 Å². The third-order valence-electron chi connectivity index (χ3n) is 3.37. The fourth-order valence-corrected chi connectivity index (χ4v) is 3.26. The average molecular weight is 250 g/mol. The molecule has 4 nitrogen and oxygen atoms in total. The van der Waals surface area contributed by atoms with Gasteiger partial charge in [0.2, 0.25) is 0 Å². The first-order valence-corrected chi connectivity index (χ1v) is 6.71. The number of hydrogen-bond acceptors (Lipinski definition) is 5. The highest BCUT2D eigenvalue weighted by molar-refractivity contribution is 7.10. The van der Waals surface area contributed by atoms with E-state index in [0.717, 1.165) is 17.8 Å². The largest absolute Gasteiger partial charge is 0.382 e. The fraction of sp³-hybridized carbons (Fsp3) is 0.667. The zero-order valence-electron chi connectivity index (χ0n) is 10.3. The van der Waals surface area contributed by atoms with Crippen LogP contribution in [0.2, 0.25) is 0 Å². The normalized spacial score (nSPS) is 23.0. The van der Waals surface area contributed by atoms with Crippen molar-refractivity contribution < 1.29 is 0 Å². The number of anilines is 2. The summed E-state index contributed by atoms with van der Waals surface area (Å²) in [6.07, 6.45) is 4.81. The third kappa shape index (κ3) is 2.70. The molecule has 1 aromatic rings. The van der Waals surface area contributed by atoms with E-state index in [4.69, 9.17) is 11.0 Å². The molecule has 5 heteroatoms. The number of nitrogens with zero attached hydrogens (tertiary/aromatic N) is 2. The van der Waals surface area contributed by atoms with Crippen LogP contribution in [-0.2, 0) is 0 Å². The van der Waals surface area contributed by atoms with Crippen LogP contribution < -0.4 is 11.1 Å². The summed E-state index contributed by atoms with van der Waals surface area (Å²) in [5.41, 5.74) is 6.53. The maximum absolute atomic E-state index is 9.02. The minimum Gasteiger partial charge on any atom is -0.382 e. The molecule has 0 radical (unpaired) electrons. The molecule has 2 rings (SSSR count). The standard InChI is InChI=1S/C12H18N4S/c1-12(2)5-3-4-8(6-12)15-11-9(7-13)10(14)16-17-11/h8,15H,3-6H2,1-2H3,(H2,14,16). The monoisotopic (exact) mass is 250 g/mol. The van der Waals surface area contributed by atoms with Crippen LogP contribution in [-0.4, -0.2) is 10.4 Å². The second kappa shape index (κ2) is 4.53. The van der Waals surface area contributed by atoms with Gasteiger partial charge in [0.15, 0.2) is 5.82 Å². The molecule has 0 aliphatic heterocycles. The van der Waals surface area contributed by atoms with Crippen molar-refractivity contribution in [3.8, 4) is 6.07 Å². The van der Waals surface area contributed by atoms with Crippen molar-refractivity contribution in [2.24, 2.45) is 5.41 Å². The van der Waals surface area contributed by atoms with E-state index < -0.39 is 0 Å². The predicted octanol–water partition coefficient (Wildman–Crippen LogP) is 2.98. The summed E-state index contributed by atoms with van der Waals surface area (Å²) in [5, 5.41) is 13.3. The third-order valence-corrected chi connectivity index (χ3v) is 4.16. The van der Waals surface area contributed by atoms with Gasteiger partial charge in [0, 0.05) is 6.04 Å². The molecule has 92 valence electrons. The highest BCUT2D eigenvalue weighted by Crippen LogP contribution is 2.37. The number of nitrogen functional groups attached to an aromatic ring is 1. The molecule has 1 aliphatic carbocycles. The summed E-state index contributed by atoms with van der Waals surface area (Å²) < 4.78 is 4.02. The SMILES string of the molecule is CC1(C)CCCC(Nc2snc(N)c2C#N)C1. The van der Waals surface area contributed by atoms with Crippen LogP contribution in [0.3, 0.4) is 0 Å². The maximum Gasteiger partial charge on any atom is 0.157 e. The Labute approximate surface area is 106 Å². The predicted molar refractivity (Wildman–Crippen MR) is 70.9 cm³/mol. The van der Waals surface area contributed by atoms with E-state index in [1.807, 2.05) is 0 Å². The molecule has 1 atom stereocenters. The van der Waals surface area contributed by atoms with Gasteiger partial charge in [0.1, 0.15) is 16.6 Å². The van der Waals surface area contributed by atoms with Gasteiger partial charge in [-0.2, -0.15) is 9.64 Å². The molecular formula is C12H18N4S. The van der Waals surface area contributed by atoms with E-state index in [0.29, 0.717) is 22.8 Å². The summed E-state index contributed by atoms with van der Waals surface area (Å²) in [4.78, 5) is 0. The topological polar surface area (TPSA) is 74.7 Å². The molecule has 3 N–H and O–H groups in total. The molecule has 17 heavy (non-hydrogen) atoms. The average Bonchev–Trinajstić information content (AvgIpc) is 2.58. The lowest BCUT2D eigenvalue weighted by molar-refractivity contribution is 0.229. The number of aromatic nitrogens is 1. The molecule has 0 aromatic carbocycles. The lowest BCUT2D eigenvalue weighted by Gasteiger charge is -2.35. The van der Waals surface area contributed by atoms with Crippen molar-refractivity contribution >= 4 is 22.4 Å². The van der Waals surface area contributed by atoms with Gasteiger partial charge in [0.05, 0.1) is 0 Å². The minimum atomic E-state index is 0.343. The fourth-order valence-electron chi connectivity index (χ4n) is 2.52. The van der Waals surface area contributed by atoms with Crippen LogP contribution >= 0.6 is 11.5 Å². The van der Waals surface area contributed by atoms with E-state index in [2.05, 4.69) is 29.6 Å².